The number of rotatable bonds is 4. The van der Waals surface area contributed by atoms with Crippen LogP contribution in [0.3, 0.4) is 0 Å². The van der Waals surface area contributed by atoms with Crippen LogP contribution in [0.25, 0.3) is 0 Å². The van der Waals surface area contributed by atoms with Crippen molar-refractivity contribution in [3.63, 3.8) is 0 Å². The zero-order valence-corrected chi connectivity index (χ0v) is 19.8. The molecule has 4 N–H and O–H groups in total. The average molecular weight is 471 g/mol. The van der Waals surface area contributed by atoms with E-state index in [9.17, 15) is 34.2 Å². The molecule has 2 saturated carbocycles. The SMILES string of the molecule is CCc1cc(CC)c2c(c1O)C(=O)C1C(=O)[C@@]3(O)C(=O)C(C(N)=O)C(=O)[C@H](N(C)C)[C@H]3C[C@H]1C2. The second-order valence-electron chi connectivity index (χ2n) is 9.89. The molecule has 1 aromatic carbocycles. The van der Waals surface area contributed by atoms with Gasteiger partial charge in [0.2, 0.25) is 5.91 Å². The lowest BCUT2D eigenvalue weighted by Crippen LogP contribution is -2.74. The third kappa shape index (κ3) is 3.03. The quantitative estimate of drug-likeness (QED) is 0.519. The summed E-state index contributed by atoms with van der Waals surface area (Å²) in [6.45, 7) is 3.79. The van der Waals surface area contributed by atoms with Crippen LogP contribution in [0.15, 0.2) is 6.07 Å². The van der Waals surface area contributed by atoms with Crippen molar-refractivity contribution in [2.24, 2.45) is 29.4 Å². The number of aliphatic hydroxyl groups is 1. The average Bonchev–Trinajstić information content (AvgIpc) is 2.76. The van der Waals surface area contributed by atoms with Crippen molar-refractivity contribution in [1.82, 2.24) is 4.90 Å². The molecule has 9 nitrogen and oxygen atoms in total. The lowest BCUT2D eigenvalue weighted by Gasteiger charge is -2.52. The molecule has 2 unspecified atom stereocenters. The number of carbonyl (C=O) groups is 5. The number of phenols is 1. The lowest BCUT2D eigenvalue weighted by atomic mass is 9.52. The van der Waals surface area contributed by atoms with Gasteiger partial charge in [0.1, 0.15) is 5.75 Å². The van der Waals surface area contributed by atoms with E-state index < -0.39 is 64.4 Å². The molecule has 1 amide bonds. The van der Waals surface area contributed by atoms with E-state index in [1.807, 2.05) is 19.9 Å². The second kappa shape index (κ2) is 8.09. The monoisotopic (exact) mass is 470 g/mol. The smallest absolute Gasteiger partial charge is 0.235 e. The number of amides is 1. The number of aryl methyl sites for hydroxylation is 2. The summed E-state index contributed by atoms with van der Waals surface area (Å²) in [5, 5.41) is 22.4. The maximum Gasteiger partial charge on any atom is 0.235 e. The topological polar surface area (TPSA) is 155 Å². The predicted molar refractivity (Wildman–Crippen MR) is 120 cm³/mol. The van der Waals surface area contributed by atoms with Gasteiger partial charge in [0.25, 0.3) is 0 Å². The first-order chi connectivity index (χ1) is 15.9. The number of fused-ring (bicyclic) bond motifs is 3. The normalized spacial score (nSPS) is 32.9. The summed E-state index contributed by atoms with van der Waals surface area (Å²) < 4.78 is 0. The Morgan fingerprint density at radius 1 is 1.12 bits per heavy atom. The second-order valence-corrected chi connectivity index (χ2v) is 9.89. The van der Waals surface area contributed by atoms with Crippen LogP contribution in [0.2, 0.25) is 0 Å². The van der Waals surface area contributed by atoms with Crippen LogP contribution in [-0.2, 0) is 38.4 Å². The van der Waals surface area contributed by atoms with E-state index >= 15 is 0 Å². The summed E-state index contributed by atoms with van der Waals surface area (Å²) in [6.07, 6.45) is 1.47. The van der Waals surface area contributed by atoms with Gasteiger partial charge >= 0.3 is 0 Å². The number of carbonyl (C=O) groups excluding carboxylic acids is 5. The van der Waals surface area contributed by atoms with Gasteiger partial charge < -0.3 is 15.9 Å². The summed E-state index contributed by atoms with van der Waals surface area (Å²) in [5.74, 6) is -10.0. The summed E-state index contributed by atoms with van der Waals surface area (Å²) in [6, 6.07) is 0.777. The number of likely N-dealkylation sites (N-methyl/N-ethyl adjacent to an activating group) is 1. The van der Waals surface area contributed by atoms with E-state index in [-0.39, 0.29) is 17.7 Å². The zero-order chi connectivity index (χ0) is 25.3. The molecule has 0 spiro atoms. The van der Waals surface area contributed by atoms with E-state index in [4.69, 9.17) is 5.73 Å². The summed E-state index contributed by atoms with van der Waals surface area (Å²) in [4.78, 5) is 67.2. The number of ketones is 4. The molecule has 0 aromatic heterocycles. The number of phenolic OH excluding ortho intramolecular Hbond substituents is 1. The number of hydrogen-bond acceptors (Lipinski definition) is 8. The molecular weight excluding hydrogens is 440 g/mol. The molecule has 3 aliphatic carbocycles. The van der Waals surface area contributed by atoms with Crippen LogP contribution in [0.5, 0.6) is 5.75 Å². The minimum atomic E-state index is -2.69. The first-order valence-corrected chi connectivity index (χ1v) is 11.6. The van der Waals surface area contributed by atoms with E-state index in [0.717, 1.165) is 5.56 Å². The van der Waals surface area contributed by atoms with E-state index in [0.29, 0.717) is 30.4 Å². The zero-order valence-electron chi connectivity index (χ0n) is 19.8. The Bertz CT molecular complexity index is 1140. The fourth-order valence-electron chi connectivity index (χ4n) is 6.40. The van der Waals surface area contributed by atoms with Crippen molar-refractivity contribution in [2.45, 2.75) is 51.2 Å². The maximum absolute atomic E-state index is 13.8. The Hall–Kier alpha value is -2.91. The molecule has 2 fully saturated rings. The van der Waals surface area contributed by atoms with Crippen molar-refractivity contribution in [3.05, 3.63) is 28.3 Å². The van der Waals surface area contributed by atoms with Gasteiger partial charge in [-0.3, -0.25) is 28.9 Å². The van der Waals surface area contributed by atoms with Gasteiger partial charge in [-0.15, -0.1) is 0 Å². The summed E-state index contributed by atoms with van der Waals surface area (Å²) in [5.41, 5.74) is 4.86. The van der Waals surface area contributed by atoms with Crippen molar-refractivity contribution in [2.75, 3.05) is 14.1 Å². The highest BCUT2D eigenvalue weighted by Crippen LogP contribution is 2.51. The summed E-state index contributed by atoms with van der Waals surface area (Å²) >= 11 is 0. The van der Waals surface area contributed by atoms with Gasteiger partial charge in [0.05, 0.1) is 17.5 Å². The van der Waals surface area contributed by atoms with E-state index in [2.05, 4.69) is 0 Å². The van der Waals surface area contributed by atoms with Crippen molar-refractivity contribution in [3.8, 4) is 5.75 Å². The maximum atomic E-state index is 13.8. The largest absolute Gasteiger partial charge is 0.507 e. The Kier molecular flexibility index (Phi) is 5.77. The number of nitrogens with two attached hydrogens (primary N) is 1. The van der Waals surface area contributed by atoms with Crippen LogP contribution in [0.1, 0.15) is 47.3 Å². The minimum Gasteiger partial charge on any atom is -0.507 e. The fourth-order valence-corrected chi connectivity index (χ4v) is 6.40. The standard InChI is InChI=1S/C25H30N2O7/c1-5-10-7-11(6-2)19(28)16-13(10)8-12-9-14-18(27(3)4)21(30)17(24(26)33)23(32)25(14,34)22(31)15(12)20(16)29/h7,12,14-15,17-18,28,34H,5-6,8-9H2,1-4H3,(H2,26,33)/t12-,14-,15?,17?,18-,25-/m1/s1. The molecule has 9 heteroatoms. The third-order valence-electron chi connectivity index (χ3n) is 7.99. The highest BCUT2D eigenvalue weighted by atomic mass is 16.3. The molecule has 0 radical (unpaired) electrons. The molecule has 4 rings (SSSR count). The van der Waals surface area contributed by atoms with Crippen LogP contribution in [0, 0.1) is 23.7 Å². The molecule has 34 heavy (non-hydrogen) atoms. The highest BCUT2D eigenvalue weighted by Gasteiger charge is 2.69. The third-order valence-corrected chi connectivity index (χ3v) is 7.99. The lowest BCUT2D eigenvalue weighted by molar-refractivity contribution is -0.181. The molecule has 0 bridgehead atoms. The summed E-state index contributed by atoms with van der Waals surface area (Å²) in [7, 11) is 3.13. The molecule has 0 saturated heterocycles. The fraction of sp³-hybridized carbons (Fsp3) is 0.560. The van der Waals surface area contributed by atoms with Crippen molar-refractivity contribution < 1.29 is 34.2 Å². The van der Waals surface area contributed by atoms with Gasteiger partial charge in [0.15, 0.2) is 34.7 Å². The Labute approximate surface area is 197 Å². The molecule has 0 heterocycles. The van der Waals surface area contributed by atoms with E-state index in [1.54, 1.807) is 14.1 Å². The number of Topliss-reactive ketones (excluding diaryl/α,β-unsaturated/α-hetero) is 4. The minimum absolute atomic E-state index is 0.0589. The van der Waals surface area contributed by atoms with Crippen LogP contribution in [-0.4, -0.2) is 69.9 Å². The Morgan fingerprint density at radius 2 is 1.74 bits per heavy atom. The van der Waals surface area contributed by atoms with Gasteiger partial charge in [-0.2, -0.15) is 0 Å². The number of nitrogens with zero attached hydrogens (tertiary/aromatic N) is 1. The number of hydrogen-bond donors (Lipinski definition) is 3. The van der Waals surface area contributed by atoms with Crippen molar-refractivity contribution in [1.29, 1.82) is 0 Å². The molecular formula is C25H30N2O7. The predicted octanol–water partition coefficient (Wildman–Crippen LogP) is -0.00820. The number of primary amides is 1. The first-order valence-electron chi connectivity index (χ1n) is 11.6. The molecule has 3 aliphatic rings. The van der Waals surface area contributed by atoms with Gasteiger partial charge in [0, 0.05) is 5.92 Å². The Balaban J connectivity index is 1.90. The molecule has 0 aliphatic heterocycles. The number of aromatic hydroxyl groups is 1. The Morgan fingerprint density at radius 3 is 2.26 bits per heavy atom. The van der Waals surface area contributed by atoms with Crippen LogP contribution in [0.4, 0.5) is 0 Å². The first kappa shape index (κ1) is 24.2. The van der Waals surface area contributed by atoms with Gasteiger partial charge in [-0.25, -0.2) is 0 Å². The molecule has 1 aromatic rings. The number of benzene rings is 1. The van der Waals surface area contributed by atoms with Crippen LogP contribution >= 0.6 is 0 Å². The molecule has 182 valence electrons. The molecule has 6 atom stereocenters. The van der Waals surface area contributed by atoms with Crippen LogP contribution < -0.4 is 5.73 Å². The van der Waals surface area contributed by atoms with Gasteiger partial charge in [-0.1, -0.05) is 19.9 Å². The highest BCUT2D eigenvalue weighted by molar-refractivity contribution is 6.32. The van der Waals surface area contributed by atoms with Crippen molar-refractivity contribution >= 4 is 29.0 Å². The van der Waals surface area contributed by atoms with Gasteiger partial charge in [-0.05, 0) is 62.4 Å². The van der Waals surface area contributed by atoms with E-state index in [1.165, 1.54) is 4.90 Å².